The minimum atomic E-state index is -0.331. The molecule has 168 valence electrons. The van der Waals surface area contributed by atoms with E-state index in [0.717, 1.165) is 19.3 Å². The Balaban J connectivity index is 2.26. The molecular weight excluding hydrogens is 398 g/mol. The van der Waals surface area contributed by atoms with Crippen molar-refractivity contribution in [1.29, 1.82) is 0 Å². The van der Waals surface area contributed by atoms with Crippen LogP contribution in [0, 0.1) is 0 Å². The van der Waals surface area contributed by atoms with Crippen molar-refractivity contribution < 1.29 is 19.1 Å². The molecule has 2 aromatic rings. The van der Waals surface area contributed by atoms with E-state index < -0.39 is 0 Å². The van der Waals surface area contributed by atoms with Crippen LogP contribution in [0.15, 0.2) is 37.1 Å². The van der Waals surface area contributed by atoms with Gasteiger partial charge in [-0.15, -0.1) is 11.7 Å². The number of nitrogens with one attached hydrogen (secondary N) is 2. The van der Waals surface area contributed by atoms with Gasteiger partial charge in [0.2, 0.25) is 0 Å². The lowest BCUT2D eigenvalue weighted by atomic mass is 10.1. The van der Waals surface area contributed by atoms with E-state index >= 15 is 0 Å². The van der Waals surface area contributed by atoms with Gasteiger partial charge in [-0.2, -0.15) is 0 Å². The molecule has 0 fully saturated rings. The summed E-state index contributed by atoms with van der Waals surface area (Å²) in [4.78, 5) is 24.7. The lowest BCUT2D eigenvalue weighted by Gasteiger charge is -2.14. The van der Waals surface area contributed by atoms with E-state index in [9.17, 15) is 9.59 Å². The van der Waals surface area contributed by atoms with Crippen molar-refractivity contribution in [1.82, 2.24) is 25.6 Å². The number of allylic oxidation sites excluding steroid dienone is 1. The van der Waals surface area contributed by atoms with Crippen molar-refractivity contribution in [3.8, 4) is 11.4 Å². The standard InChI is InChI=1S/C22H31N5O4/c1-5-8-9-12-31-20-13-16(21(28)23-7-3)10-11-19(20)27-14-18(25-26-27)22(29)24-17(6-2)15-30-4/h5,10-11,13-14,17H,1,6-9,12,15H2,2-4H3,(H,23,28)(H,24,29). The SMILES string of the molecule is C=CCCCOc1cc(C(=O)NCC)ccc1-n1cc(C(=O)NC(CC)COC)nn1. The molecule has 0 aliphatic rings. The Morgan fingerprint density at radius 2 is 2.10 bits per heavy atom. The smallest absolute Gasteiger partial charge is 0.273 e. The summed E-state index contributed by atoms with van der Waals surface area (Å²) in [5, 5.41) is 13.7. The van der Waals surface area contributed by atoms with Gasteiger partial charge in [-0.3, -0.25) is 9.59 Å². The van der Waals surface area contributed by atoms with E-state index in [1.165, 1.54) is 10.9 Å². The average Bonchev–Trinajstić information content (AvgIpc) is 3.26. The Morgan fingerprint density at radius 1 is 1.29 bits per heavy atom. The fraction of sp³-hybridized carbons (Fsp3) is 0.455. The lowest BCUT2D eigenvalue weighted by Crippen LogP contribution is -2.37. The summed E-state index contributed by atoms with van der Waals surface area (Å²) < 4.78 is 12.5. The number of ether oxygens (including phenoxy) is 2. The Kier molecular flexibility index (Phi) is 9.70. The molecule has 0 aliphatic heterocycles. The van der Waals surface area contributed by atoms with Crippen LogP contribution in [0.2, 0.25) is 0 Å². The quantitative estimate of drug-likeness (QED) is 0.374. The maximum atomic E-state index is 12.5. The third kappa shape index (κ3) is 6.92. The fourth-order valence-electron chi connectivity index (χ4n) is 2.84. The first-order valence-corrected chi connectivity index (χ1v) is 10.4. The van der Waals surface area contributed by atoms with Crippen LogP contribution in [0.4, 0.5) is 0 Å². The molecular formula is C22H31N5O4. The van der Waals surface area contributed by atoms with Crippen molar-refractivity contribution in [2.45, 2.75) is 39.2 Å². The number of methoxy groups -OCH3 is 1. The molecule has 2 amide bonds. The number of aromatic nitrogens is 3. The van der Waals surface area contributed by atoms with Crippen LogP contribution in [0.3, 0.4) is 0 Å². The summed E-state index contributed by atoms with van der Waals surface area (Å²) in [6.07, 6.45) is 5.70. The molecule has 9 nitrogen and oxygen atoms in total. The van der Waals surface area contributed by atoms with Crippen LogP contribution < -0.4 is 15.4 Å². The zero-order valence-electron chi connectivity index (χ0n) is 18.4. The van der Waals surface area contributed by atoms with Crippen LogP contribution in [-0.4, -0.2) is 59.7 Å². The number of carbonyl (C=O) groups excluding carboxylic acids is 2. The predicted molar refractivity (Wildman–Crippen MR) is 118 cm³/mol. The molecule has 0 aliphatic carbocycles. The zero-order chi connectivity index (χ0) is 22.6. The second kappa shape index (κ2) is 12.5. The molecule has 1 aromatic carbocycles. The second-order valence-corrected chi connectivity index (χ2v) is 6.90. The molecule has 0 saturated heterocycles. The van der Waals surface area contributed by atoms with Gasteiger partial charge in [0.1, 0.15) is 11.4 Å². The highest BCUT2D eigenvalue weighted by Crippen LogP contribution is 2.25. The van der Waals surface area contributed by atoms with Gasteiger partial charge in [-0.05, 0) is 44.4 Å². The number of carbonyl (C=O) groups is 2. The Hall–Kier alpha value is -3.20. The summed E-state index contributed by atoms with van der Waals surface area (Å²) in [5.41, 5.74) is 1.25. The minimum Gasteiger partial charge on any atom is -0.491 e. The molecule has 1 heterocycles. The molecule has 2 N–H and O–H groups in total. The molecule has 0 bridgehead atoms. The van der Waals surface area contributed by atoms with E-state index in [1.54, 1.807) is 25.3 Å². The van der Waals surface area contributed by atoms with Gasteiger partial charge in [0.05, 0.1) is 25.5 Å². The summed E-state index contributed by atoms with van der Waals surface area (Å²) in [6, 6.07) is 4.97. The van der Waals surface area contributed by atoms with Crippen molar-refractivity contribution in [2.24, 2.45) is 0 Å². The third-order valence-electron chi connectivity index (χ3n) is 4.54. The van der Waals surface area contributed by atoms with E-state index in [0.29, 0.717) is 36.8 Å². The first-order chi connectivity index (χ1) is 15.0. The van der Waals surface area contributed by atoms with Crippen LogP contribution in [0.25, 0.3) is 5.69 Å². The summed E-state index contributed by atoms with van der Waals surface area (Å²) in [6.45, 7) is 8.93. The third-order valence-corrected chi connectivity index (χ3v) is 4.54. The summed E-state index contributed by atoms with van der Waals surface area (Å²) in [7, 11) is 1.59. The van der Waals surface area contributed by atoms with Crippen LogP contribution in [-0.2, 0) is 4.74 Å². The number of unbranched alkanes of at least 4 members (excludes halogenated alkanes) is 1. The van der Waals surface area contributed by atoms with Crippen LogP contribution in [0.5, 0.6) is 5.75 Å². The van der Waals surface area contributed by atoms with Crippen molar-refractivity contribution in [2.75, 3.05) is 26.9 Å². The van der Waals surface area contributed by atoms with E-state index in [4.69, 9.17) is 9.47 Å². The summed E-state index contributed by atoms with van der Waals surface area (Å²) >= 11 is 0. The molecule has 31 heavy (non-hydrogen) atoms. The van der Waals surface area contributed by atoms with Gasteiger partial charge in [0.25, 0.3) is 11.8 Å². The van der Waals surface area contributed by atoms with Crippen molar-refractivity contribution in [3.05, 3.63) is 48.3 Å². The topological polar surface area (TPSA) is 107 Å². The first kappa shape index (κ1) is 24.1. The van der Waals surface area contributed by atoms with Crippen LogP contribution >= 0.6 is 0 Å². The molecule has 0 radical (unpaired) electrons. The predicted octanol–water partition coefficient (Wildman–Crippen LogP) is 2.52. The van der Waals surface area contributed by atoms with Gasteiger partial charge >= 0.3 is 0 Å². The molecule has 1 atom stereocenters. The van der Waals surface area contributed by atoms with Crippen molar-refractivity contribution in [3.63, 3.8) is 0 Å². The van der Waals surface area contributed by atoms with E-state index in [2.05, 4.69) is 27.5 Å². The Morgan fingerprint density at radius 3 is 2.77 bits per heavy atom. The van der Waals surface area contributed by atoms with Crippen molar-refractivity contribution >= 4 is 11.8 Å². The van der Waals surface area contributed by atoms with Gasteiger partial charge < -0.3 is 20.1 Å². The Bertz CT molecular complexity index is 881. The molecule has 1 aromatic heterocycles. The maximum Gasteiger partial charge on any atom is 0.273 e. The molecule has 2 rings (SSSR count). The minimum absolute atomic E-state index is 0.109. The number of hydrogen-bond donors (Lipinski definition) is 2. The largest absolute Gasteiger partial charge is 0.491 e. The highest BCUT2D eigenvalue weighted by molar-refractivity contribution is 5.95. The summed E-state index contributed by atoms with van der Waals surface area (Å²) in [5.74, 6) is -0.0366. The van der Waals surface area contributed by atoms with Gasteiger partial charge in [0.15, 0.2) is 5.69 Å². The maximum absolute atomic E-state index is 12.5. The molecule has 9 heteroatoms. The molecule has 1 unspecified atom stereocenters. The monoisotopic (exact) mass is 429 g/mol. The normalized spacial score (nSPS) is 11.6. The lowest BCUT2D eigenvalue weighted by molar-refractivity contribution is 0.0888. The number of hydrogen-bond acceptors (Lipinski definition) is 6. The van der Waals surface area contributed by atoms with Gasteiger partial charge in [-0.25, -0.2) is 4.68 Å². The molecule has 0 spiro atoms. The average molecular weight is 430 g/mol. The van der Waals surface area contributed by atoms with Gasteiger partial charge in [0, 0.05) is 19.2 Å². The first-order valence-electron chi connectivity index (χ1n) is 10.4. The van der Waals surface area contributed by atoms with Crippen LogP contribution in [0.1, 0.15) is 54.0 Å². The van der Waals surface area contributed by atoms with Gasteiger partial charge in [-0.1, -0.05) is 18.2 Å². The molecule has 0 saturated carbocycles. The fourth-order valence-corrected chi connectivity index (χ4v) is 2.84. The number of rotatable bonds is 13. The highest BCUT2D eigenvalue weighted by Gasteiger charge is 2.18. The highest BCUT2D eigenvalue weighted by atomic mass is 16.5. The number of amides is 2. The zero-order valence-corrected chi connectivity index (χ0v) is 18.4. The van der Waals surface area contributed by atoms with E-state index in [1.807, 2.05) is 19.9 Å². The Labute approximate surface area is 182 Å². The number of benzene rings is 1. The number of nitrogens with zero attached hydrogens (tertiary/aromatic N) is 3. The van der Waals surface area contributed by atoms with E-state index in [-0.39, 0.29) is 23.6 Å². The second-order valence-electron chi connectivity index (χ2n) is 6.90.